The number of likely N-dealkylation sites (tertiary alicyclic amines) is 1. The molecule has 1 amide bonds. The zero-order valence-corrected chi connectivity index (χ0v) is 12.1. The first-order valence-electron chi connectivity index (χ1n) is 6.86. The van der Waals surface area contributed by atoms with Crippen molar-refractivity contribution in [3.63, 3.8) is 0 Å². The van der Waals surface area contributed by atoms with E-state index in [1.54, 1.807) is 16.7 Å². The largest absolute Gasteiger partial charge is 0.481 e. The quantitative estimate of drug-likeness (QED) is 0.819. The van der Waals surface area contributed by atoms with Gasteiger partial charge in [0.25, 0.3) is 0 Å². The summed E-state index contributed by atoms with van der Waals surface area (Å²) >= 11 is 1.66. The van der Waals surface area contributed by atoms with Gasteiger partial charge in [0.2, 0.25) is 5.91 Å². The third-order valence-corrected chi connectivity index (χ3v) is 4.45. The van der Waals surface area contributed by atoms with Gasteiger partial charge in [-0.3, -0.25) is 9.59 Å². The molecule has 2 rings (SSSR count). The maximum Gasteiger partial charge on any atom is 0.305 e. The average molecular weight is 293 g/mol. The number of carbonyl (C=O) groups excluding carboxylic acids is 1. The molecule has 1 atom stereocenters. The Bertz CT molecular complexity index is 463. The summed E-state index contributed by atoms with van der Waals surface area (Å²) in [5.41, 5.74) is 0. The number of hydrogen-bond acceptors (Lipinski definition) is 3. The van der Waals surface area contributed by atoms with Gasteiger partial charge in [-0.05, 0) is 25.0 Å². The highest BCUT2D eigenvalue weighted by Crippen LogP contribution is 2.23. The van der Waals surface area contributed by atoms with Gasteiger partial charge in [0.15, 0.2) is 0 Å². The van der Waals surface area contributed by atoms with Crippen LogP contribution < -0.4 is 0 Å². The summed E-state index contributed by atoms with van der Waals surface area (Å²) in [6, 6.07) is 9.87. The molecule has 1 aromatic rings. The van der Waals surface area contributed by atoms with Crippen LogP contribution in [0.2, 0.25) is 0 Å². The van der Waals surface area contributed by atoms with Crippen molar-refractivity contribution in [2.75, 3.05) is 12.3 Å². The van der Waals surface area contributed by atoms with Crippen molar-refractivity contribution in [2.24, 2.45) is 0 Å². The number of rotatable bonds is 6. The lowest BCUT2D eigenvalue weighted by Crippen LogP contribution is -2.36. The molecular weight excluding hydrogens is 274 g/mol. The molecule has 1 N–H and O–H groups in total. The van der Waals surface area contributed by atoms with Crippen molar-refractivity contribution in [2.45, 2.75) is 36.6 Å². The molecule has 0 aliphatic carbocycles. The van der Waals surface area contributed by atoms with Gasteiger partial charge in [0.05, 0.1) is 6.42 Å². The van der Waals surface area contributed by atoms with Crippen LogP contribution in [-0.4, -0.2) is 40.2 Å². The number of amides is 1. The number of thioether (sulfide) groups is 1. The second-order valence-electron chi connectivity index (χ2n) is 4.89. The van der Waals surface area contributed by atoms with E-state index < -0.39 is 5.97 Å². The van der Waals surface area contributed by atoms with Gasteiger partial charge < -0.3 is 10.0 Å². The predicted molar refractivity (Wildman–Crippen MR) is 78.8 cm³/mol. The van der Waals surface area contributed by atoms with Crippen molar-refractivity contribution in [1.29, 1.82) is 0 Å². The Hall–Kier alpha value is -1.49. The van der Waals surface area contributed by atoms with Crippen molar-refractivity contribution in [3.05, 3.63) is 30.3 Å². The Labute approximate surface area is 123 Å². The monoisotopic (exact) mass is 293 g/mol. The van der Waals surface area contributed by atoms with Crippen LogP contribution in [0.4, 0.5) is 0 Å². The van der Waals surface area contributed by atoms with Gasteiger partial charge in [0, 0.05) is 29.7 Å². The third-order valence-electron chi connectivity index (χ3n) is 3.44. The Morgan fingerprint density at radius 2 is 2.05 bits per heavy atom. The molecule has 1 aromatic carbocycles. The highest BCUT2D eigenvalue weighted by atomic mass is 32.2. The zero-order valence-electron chi connectivity index (χ0n) is 11.3. The van der Waals surface area contributed by atoms with Crippen molar-refractivity contribution in [3.8, 4) is 0 Å². The van der Waals surface area contributed by atoms with Crippen molar-refractivity contribution >= 4 is 23.6 Å². The van der Waals surface area contributed by atoms with Crippen LogP contribution in [0, 0.1) is 0 Å². The minimum absolute atomic E-state index is 0.0670. The molecule has 0 saturated carbocycles. The smallest absolute Gasteiger partial charge is 0.305 e. The second kappa shape index (κ2) is 7.33. The summed E-state index contributed by atoms with van der Waals surface area (Å²) in [5, 5.41) is 8.86. The van der Waals surface area contributed by atoms with Gasteiger partial charge in [-0.15, -0.1) is 11.8 Å². The van der Waals surface area contributed by atoms with Gasteiger partial charge in [-0.25, -0.2) is 0 Å². The molecule has 4 nitrogen and oxygen atoms in total. The first-order chi connectivity index (χ1) is 9.66. The Morgan fingerprint density at radius 1 is 1.30 bits per heavy atom. The topological polar surface area (TPSA) is 57.6 Å². The molecule has 1 fully saturated rings. The van der Waals surface area contributed by atoms with E-state index >= 15 is 0 Å². The lowest BCUT2D eigenvalue weighted by molar-refractivity contribution is -0.139. The molecule has 0 radical (unpaired) electrons. The fraction of sp³-hybridized carbons (Fsp3) is 0.467. The molecule has 0 bridgehead atoms. The minimum Gasteiger partial charge on any atom is -0.481 e. The van der Waals surface area contributed by atoms with Gasteiger partial charge in [-0.1, -0.05) is 18.2 Å². The van der Waals surface area contributed by atoms with Crippen molar-refractivity contribution in [1.82, 2.24) is 4.90 Å². The first kappa shape index (κ1) is 14.9. The number of benzene rings is 1. The number of carbonyl (C=O) groups is 2. The number of nitrogens with zero attached hydrogens (tertiary/aromatic N) is 1. The van der Waals surface area contributed by atoms with E-state index in [2.05, 4.69) is 0 Å². The SMILES string of the molecule is O=C(O)CC1CCCN1C(=O)CCSc1ccccc1. The molecule has 0 spiro atoms. The number of aliphatic carboxylic acids is 1. The third kappa shape index (κ3) is 4.27. The van der Waals surface area contributed by atoms with E-state index in [0.29, 0.717) is 13.0 Å². The number of hydrogen-bond donors (Lipinski definition) is 1. The van der Waals surface area contributed by atoms with Crippen LogP contribution in [0.25, 0.3) is 0 Å². The minimum atomic E-state index is -0.826. The summed E-state index contributed by atoms with van der Waals surface area (Å²) < 4.78 is 0. The fourth-order valence-corrected chi connectivity index (χ4v) is 3.36. The lowest BCUT2D eigenvalue weighted by atomic mass is 10.1. The summed E-state index contributed by atoms with van der Waals surface area (Å²) in [6.45, 7) is 0.701. The van der Waals surface area contributed by atoms with Crippen LogP contribution in [0.1, 0.15) is 25.7 Å². The molecule has 1 heterocycles. The van der Waals surface area contributed by atoms with Crippen LogP contribution in [0.3, 0.4) is 0 Å². The summed E-state index contributed by atoms with van der Waals surface area (Å²) in [6.07, 6.45) is 2.26. The standard InChI is InChI=1S/C15H19NO3S/c17-14(8-10-20-13-6-2-1-3-7-13)16-9-4-5-12(16)11-15(18)19/h1-3,6-7,12H,4-5,8-11H2,(H,18,19). The first-order valence-corrected chi connectivity index (χ1v) is 7.84. The van der Waals surface area contributed by atoms with Crippen LogP contribution in [0.15, 0.2) is 35.2 Å². The summed E-state index contributed by atoms with van der Waals surface area (Å²) in [4.78, 5) is 25.8. The van der Waals surface area contributed by atoms with Gasteiger partial charge in [-0.2, -0.15) is 0 Å². The molecule has 0 aromatic heterocycles. The second-order valence-corrected chi connectivity index (χ2v) is 6.06. The molecule has 1 aliphatic heterocycles. The lowest BCUT2D eigenvalue weighted by Gasteiger charge is -2.23. The van der Waals surface area contributed by atoms with Gasteiger partial charge in [0.1, 0.15) is 0 Å². The van der Waals surface area contributed by atoms with Crippen LogP contribution >= 0.6 is 11.8 Å². The fourth-order valence-electron chi connectivity index (χ4n) is 2.49. The molecule has 108 valence electrons. The molecule has 1 aliphatic rings. The molecule has 5 heteroatoms. The van der Waals surface area contributed by atoms with Crippen molar-refractivity contribution < 1.29 is 14.7 Å². The number of carboxylic acids is 1. The number of carboxylic acid groups (broad SMARTS) is 1. The molecule has 1 saturated heterocycles. The molecular formula is C15H19NO3S. The zero-order chi connectivity index (χ0) is 14.4. The Balaban J connectivity index is 1.78. The van der Waals surface area contributed by atoms with E-state index in [0.717, 1.165) is 23.5 Å². The van der Waals surface area contributed by atoms with E-state index in [-0.39, 0.29) is 18.4 Å². The molecule has 1 unspecified atom stereocenters. The maximum absolute atomic E-state index is 12.1. The van der Waals surface area contributed by atoms with E-state index in [9.17, 15) is 9.59 Å². The predicted octanol–water partition coefficient (Wildman–Crippen LogP) is 2.63. The Kier molecular flexibility index (Phi) is 5.47. The summed E-state index contributed by atoms with van der Waals surface area (Å²) in [5.74, 6) is -0.00961. The average Bonchev–Trinajstić information content (AvgIpc) is 2.87. The van der Waals surface area contributed by atoms with Crippen LogP contribution in [-0.2, 0) is 9.59 Å². The van der Waals surface area contributed by atoms with Crippen LogP contribution in [0.5, 0.6) is 0 Å². The van der Waals surface area contributed by atoms with Gasteiger partial charge >= 0.3 is 5.97 Å². The Morgan fingerprint density at radius 3 is 2.75 bits per heavy atom. The van der Waals surface area contributed by atoms with E-state index in [1.807, 2.05) is 30.3 Å². The summed E-state index contributed by atoms with van der Waals surface area (Å²) in [7, 11) is 0. The highest BCUT2D eigenvalue weighted by Gasteiger charge is 2.29. The molecule has 20 heavy (non-hydrogen) atoms. The normalized spacial score (nSPS) is 18.2. The highest BCUT2D eigenvalue weighted by molar-refractivity contribution is 7.99. The maximum atomic E-state index is 12.1. The van der Waals surface area contributed by atoms with E-state index in [1.165, 1.54) is 0 Å². The van der Waals surface area contributed by atoms with E-state index in [4.69, 9.17) is 5.11 Å².